The molecule has 3 unspecified atom stereocenters. The van der Waals surface area contributed by atoms with E-state index in [0.717, 1.165) is 4.90 Å². The zero-order valence-electron chi connectivity index (χ0n) is 12.7. The van der Waals surface area contributed by atoms with E-state index in [4.69, 9.17) is 9.16 Å². The van der Waals surface area contributed by atoms with Gasteiger partial charge >= 0.3 is 6.03 Å². The first-order chi connectivity index (χ1) is 9.38. The van der Waals surface area contributed by atoms with Gasteiger partial charge in [-0.05, 0) is 34.1 Å². The van der Waals surface area contributed by atoms with E-state index in [-0.39, 0.29) is 11.6 Å². The fourth-order valence-corrected chi connectivity index (χ4v) is 3.63. The average molecular weight is 383 g/mol. The second-order valence-electron chi connectivity index (χ2n) is 6.81. The minimum absolute atomic E-state index is 0.0369. The van der Waals surface area contributed by atoms with E-state index < -0.39 is 37.3 Å². The molecule has 3 atom stereocenters. The molecule has 3 amide bonds. The topological polar surface area (TPSA) is 67.9 Å². The van der Waals surface area contributed by atoms with Gasteiger partial charge in [0.15, 0.2) is 14.5 Å². The summed E-state index contributed by atoms with van der Waals surface area (Å²) in [5.74, 6) is -1.05. The summed E-state index contributed by atoms with van der Waals surface area (Å²) >= 11 is 2.70. The lowest BCUT2D eigenvalue weighted by molar-refractivity contribution is -0.140. The lowest BCUT2D eigenvalue weighted by atomic mass is 10.2. The van der Waals surface area contributed by atoms with Crippen molar-refractivity contribution in [2.75, 3.05) is 6.61 Å². The number of urea groups is 1. The number of ether oxygens (including phenoxy) is 1. The third-order valence-corrected chi connectivity index (χ3v) is 9.49. The first-order valence-corrected chi connectivity index (χ1v) is 10.4. The van der Waals surface area contributed by atoms with Crippen LogP contribution in [-0.4, -0.2) is 48.8 Å². The average Bonchev–Trinajstić information content (AvgIpc) is 2.69. The second-order valence-corrected chi connectivity index (χ2v) is 12.7. The Hall–Kier alpha value is -0.513. The molecule has 0 spiro atoms. The molecule has 0 aromatic heterocycles. The number of carbonyl (C=O) groups is 2. The Morgan fingerprint density at radius 2 is 2.05 bits per heavy atom. The third-order valence-electron chi connectivity index (χ3n) is 4.26. The van der Waals surface area contributed by atoms with Crippen molar-refractivity contribution in [3.63, 3.8) is 0 Å². The summed E-state index contributed by atoms with van der Waals surface area (Å²) in [7, 11) is -2.16. The van der Waals surface area contributed by atoms with Gasteiger partial charge in [0.25, 0.3) is 10.5 Å². The number of halogens is 2. The van der Waals surface area contributed by atoms with Crippen LogP contribution in [0.25, 0.3) is 0 Å². The van der Waals surface area contributed by atoms with E-state index >= 15 is 0 Å². The number of nitrogens with zero attached hydrogens (tertiary/aromatic N) is 1. The SMILES string of the molecule is CC(C)(C)[Si](C)(C)OC1COC2N1C(=O)NC(=O)C2(F)Br. The lowest BCUT2D eigenvalue weighted by Crippen LogP contribution is -2.66. The fraction of sp³-hybridized carbons (Fsp3) is 0.833. The molecule has 2 rings (SSSR count). The van der Waals surface area contributed by atoms with E-state index in [0.29, 0.717) is 0 Å². The Bertz CT molecular complexity index is 480. The minimum Gasteiger partial charge on any atom is -0.395 e. The van der Waals surface area contributed by atoms with Crippen LogP contribution in [0, 0.1) is 0 Å². The highest BCUT2D eigenvalue weighted by atomic mass is 79.9. The first kappa shape index (κ1) is 16.9. The Morgan fingerprint density at radius 1 is 1.48 bits per heavy atom. The summed E-state index contributed by atoms with van der Waals surface area (Å²) in [6, 6.07) is -0.695. The maximum absolute atomic E-state index is 14.4. The summed E-state index contributed by atoms with van der Waals surface area (Å²) in [6.45, 7) is 10.3. The van der Waals surface area contributed by atoms with Crippen LogP contribution >= 0.6 is 15.9 Å². The number of hydrogen-bond acceptors (Lipinski definition) is 4. The molecule has 0 aromatic rings. The largest absolute Gasteiger partial charge is 0.395 e. The van der Waals surface area contributed by atoms with Gasteiger partial charge in [0.05, 0.1) is 6.61 Å². The van der Waals surface area contributed by atoms with Crippen LogP contribution < -0.4 is 5.32 Å². The zero-order valence-corrected chi connectivity index (χ0v) is 15.3. The van der Waals surface area contributed by atoms with Crippen molar-refractivity contribution in [2.24, 2.45) is 0 Å². The normalized spacial score (nSPS) is 34.0. The van der Waals surface area contributed by atoms with Crippen LogP contribution in [0.2, 0.25) is 18.1 Å². The van der Waals surface area contributed by atoms with Crippen molar-refractivity contribution < 1.29 is 23.1 Å². The third kappa shape index (κ3) is 2.76. The molecule has 0 radical (unpaired) electrons. The molecule has 1 N–H and O–H groups in total. The van der Waals surface area contributed by atoms with Crippen molar-refractivity contribution >= 4 is 36.2 Å². The molecule has 9 heteroatoms. The lowest BCUT2D eigenvalue weighted by Gasteiger charge is -2.42. The van der Waals surface area contributed by atoms with Gasteiger partial charge in [-0.1, -0.05) is 20.8 Å². The minimum atomic E-state index is -2.47. The van der Waals surface area contributed by atoms with E-state index in [1.807, 2.05) is 18.4 Å². The number of imide groups is 1. The predicted molar refractivity (Wildman–Crippen MR) is 80.0 cm³/mol. The van der Waals surface area contributed by atoms with Gasteiger partial charge in [-0.15, -0.1) is 0 Å². The molecule has 0 aromatic carbocycles. The van der Waals surface area contributed by atoms with Crippen molar-refractivity contribution in [1.29, 1.82) is 0 Å². The smallest absolute Gasteiger partial charge is 0.328 e. The highest BCUT2D eigenvalue weighted by Crippen LogP contribution is 2.42. The van der Waals surface area contributed by atoms with Gasteiger partial charge in [-0.2, -0.15) is 0 Å². The van der Waals surface area contributed by atoms with E-state index in [1.54, 1.807) is 0 Å². The zero-order chi connectivity index (χ0) is 16.2. The Balaban J connectivity index is 2.23. The van der Waals surface area contributed by atoms with Crippen molar-refractivity contribution in [3.8, 4) is 0 Å². The number of hydrogen-bond donors (Lipinski definition) is 1. The quantitative estimate of drug-likeness (QED) is 0.587. The highest BCUT2D eigenvalue weighted by molar-refractivity contribution is 9.10. The summed E-state index contributed by atoms with van der Waals surface area (Å²) in [5.41, 5.74) is 0. The van der Waals surface area contributed by atoms with Crippen molar-refractivity contribution in [1.82, 2.24) is 10.2 Å². The summed E-state index contributed by atoms with van der Waals surface area (Å²) in [6.07, 6.45) is -2.01. The standard InChI is InChI=1S/C12H20BrFN2O4Si/c1-11(2,3)21(4,5)20-7-6-19-9-12(13,14)8(17)15-10(18)16(7)9/h7,9H,6H2,1-5H3,(H,15,17,18). The van der Waals surface area contributed by atoms with Crippen LogP contribution in [0.15, 0.2) is 0 Å². The number of amides is 3. The van der Waals surface area contributed by atoms with Crippen LogP contribution in [0.4, 0.5) is 9.18 Å². The second kappa shape index (κ2) is 5.00. The van der Waals surface area contributed by atoms with Gasteiger partial charge in [-0.25, -0.2) is 9.18 Å². The van der Waals surface area contributed by atoms with E-state index in [9.17, 15) is 14.0 Å². The van der Waals surface area contributed by atoms with Crippen LogP contribution in [-0.2, 0) is 14.0 Å². The fourth-order valence-electron chi connectivity index (χ4n) is 1.97. The Labute approximate surface area is 132 Å². The monoisotopic (exact) mass is 382 g/mol. The number of rotatable bonds is 2. The van der Waals surface area contributed by atoms with E-state index in [2.05, 4.69) is 36.7 Å². The molecule has 0 saturated carbocycles. The first-order valence-electron chi connectivity index (χ1n) is 6.69. The molecular weight excluding hydrogens is 363 g/mol. The van der Waals surface area contributed by atoms with Crippen LogP contribution in [0.3, 0.4) is 0 Å². The Kier molecular flexibility index (Phi) is 4.01. The molecule has 6 nitrogen and oxygen atoms in total. The number of nitrogens with one attached hydrogen (secondary N) is 1. The molecule has 120 valence electrons. The maximum Gasteiger partial charge on any atom is 0.328 e. The molecule has 2 aliphatic rings. The van der Waals surface area contributed by atoms with E-state index in [1.165, 1.54) is 0 Å². The molecule has 0 aliphatic carbocycles. The predicted octanol–water partition coefficient (Wildman–Crippen LogP) is 2.30. The number of alkyl halides is 2. The highest BCUT2D eigenvalue weighted by Gasteiger charge is 2.60. The Morgan fingerprint density at radius 3 is 2.57 bits per heavy atom. The van der Waals surface area contributed by atoms with Gasteiger partial charge in [0.2, 0.25) is 0 Å². The number of fused-ring (bicyclic) bond motifs is 1. The molecule has 2 fully saturated rings. The summed E-state index contributed by atoms with van der Waals surface area (Å²) < 4.78 is 23.3. The molecule has 2 heterocycles. The van der Waals surface area contributed by atoms with Gasteiger partial charge < -0.3 is 9.16 Å². The maximum atomic E-state index is 14.4. The molecule has 2 aliphatic heterocycles. The van der Waals surface area contributed by atoms with Gasteiger partial charge in [0, 0.05) is 0 Å². The molecule has 0 bridgehead atoms. The molecule has 21 heavy (non-hydrogen) atoms. The van der Waals surface area contributed by atoms with Crippen LogP contribution in [0.1, 0.15) is 20.8 Å². The van der Waals surface area contributed by atoms with Crippen molar-refractivity contribution in [2.45, 2.75) is 55.9 Å². The molecular formula is C12H20BrFN2O4Si. The molecule has 2 saturated heterocycles. The van der Waals surface area contributed by atoms with Crippen LogP contribution in [0.5, 0.6) is 0 Å². The van der Waals surface area contributed by atoms with Gasteiger partial charge in [-0.3, -0.25) is 15.0 Å². The summed E-state index contributed by atoms with van der Waals surface area (Å²) in [4.78, 5) is 24.6. The number of carbonyl (C=O) groups excluding carboxylic acids is 2. The van der Waals surface area contributed by atoms with Gasteiger partial charge in [0.1, 0.15) is 6.23 Å². The van der Waals surface area contributed by atoms with Crippen molar-refractivity contribution in [3.05, 3.63) is 0 Å². The summed E-state index contributed by atoms with van der Waals surface area (Å²) in [5, 5.41) is 1.92.